The number of halogens is 1. The Morgan fingerprint density at radius 1 is 1.29 bits per heavy atom. The van der Waals surface area contributed by atoms with Gasteiger partial charge in [-0.05, 0) is 39.8 Å². The minimum atomic E-state index is -0.666. The summed E-state index contributed by atoms with van der Waals surface area (Å²) in [6.45, 7) is 8.34. The van der Waals surface area contributed by atoms with Gasteiger partial charge in [0.05, 0.1) is 13.2 Å². The van der Waals surface area contributed by atoms with Gasteiger partial charge in [-0.1, -0.05) is 0 Å². The molecule has 0 fully saturated rings. The number of carbonyl (C=O) groups excluding carboxylic acids is 2. The van der Waals surface area contributed by atoms with Gasteiger partial charge in [0.15, 0.2) is 0 Å². The molecule has 1 aromatic heterocycles. The minimum absolute atomic E-state index is 0.0169. The van der Waals surface area contributed by atoms with Crippen LogP contribution in [0.5, 0.6) is 0 Å². The molecule has 0 aliphatic carbocycles. The first-order valence-electron chi connectivity index (χ1n) is 8.02. The van der Waals surface area contributed by atoms with Crippen LogP contribution >= 0.6 is 11.6 Å². The Bertz CT molecular complexity index is 542. The van der Waals surface area contributed by atoms with Crippen molar-refractivity contribution in [2.75, 3.05) is 26.8 Å². The molecule has 1 unspecified atom stereocenters. The lowest BCUT2D eigenvalue weighted by Gasteiger charge is -2.30. The molecule has 1 heterocycles. The van der Waals surface area contributed by atoms with E-state index in [-0.39, 0.29) is 24.4 Å². The Morgan fingerprint density at radius 2 is 1.96 bits per heavy atom. The average molecular weight is 359 g/mol. The van der Waals surface area contributed by atoms with E-state index < -0.39 is 5.38 Å². The fourth-order valence-electron chi connectivity index (χ4n) is 2.24. The lowest BCUT2D eigenvalue weighted by molar-refractivity contribution is -0.142. The predicted octanol–water partition coefficient (Wildman–Crippen LogP) is 2.43. The quantitative estimate of drug-likeness (QED) is 0.636. The van der Waals surface area contributed by atoms with Crippen LogP contribution in [0.1, 0.15) is 32.3 Å². The molecule has 1 rings (SSSR count). The van der Waals surface area contributed by atoms with Crippen LogP contribution in [-0.4, -0.2) is 59.8 Å². The molecule has 0 aliphatic rings. The summed E-state index contributed by atoms with van der Waals surface area (Å²) < 4.78 is 10.6. The smallest absolute Gasteiger partial charge is 0.242 e. The first-order chi connectivity index (χ1) is 11.3. The zero-order valence-electron chi connectivity index (χ0n) is 15.0. The topological polar surface area (TPSA) is 63.0 Å². The van der Waals surface area contributed by atoms with E-state index in [2.05, 4.69) is 0 Å². The molecule has 0 radical (unpaired) electrons. The Hall–Kier alpha value is -1.53. The molecule has 136 valence electrons. The van der Waals surface area contributed by atoms with Crippen LogP contribution in [0.25, 0.3) is 0 Å². The van der Waals surface area contributed by atoms with Crippen LogP contribution in [-0.2, 0) is 20.9 Å². The van der Waals surface area contributed by atoms with Gasteiger partial charge in [0.1, 0.15) is 23.4 Å². The monoisotopic (exact) mass is 358 g/mol. The van der Waals surface area contributed by atoms with Crippen LogP contribution in [0.2, 0.25) is 0 Å². The van der Waals surface area contributed by atoms with Crippen molar-refractivity contribution in [1.82, 2.24) is 9.80 Å². The Morgan fingerprint density at radius 3 is 2.42 bits per heavy atom. The maximum absolute atomic E-state index is 12.7. The number of carbonyl (C=O) groups is 2. The van der Waals surface area contributed by atoms with Crippen molar-refractivity contribution < 1.29 is 18.7 Å². The van der Waals surface area contributed by atoms with E-state index in [1.165, 1.54) is 4.90 Å². The SMILES string of the molecule is COCCN(Cc1ccc(C)o1)C(=O)CN(C(=O)C(C)Cl)C(C)C. The van der Waals surface area contributed by atoms with Crippen molar-refractivity contribution in [3.05, 3.63) is 23.7 Å². The van der Waals surface area contributed by atoms with Crippen molar-refractivity contribution in [1.29, 1.82) is 0 Å². The molecule has 24 heavy (non-hydrogen) atoms. The zero-order chi connectivity index (χ0) is 18.3. The van der Waals surface area contributed by atoms with Gasteiger partial charge < -0.3 is 19.0 Å². The lowest BCUT2D eigenvalue weighted by Crippen LogP contribution is -2.48. The van der Waals surface area contributed by atoms with Crippen molar-refractivity contribution in [3.63, 3.8) is 0 Å². The normalized spacial score (nSPS) is 12.3. The average Bonchev–Trinajstić information content (AvgIpc) is 2.92. The zero-order valence-corrected chi connectivity index (χ0v) is 15.8. The van der Waals surface area contributed by atoms with Crippen LogP contribution in [0.15, 0.2) is 16.5 Å². The van der Waals surface area contributed by atoms with Gasteiger partial charge in [0.2, 0.25) is 11.8 Å². The van der Waals surface area contributed by atoms with E-state index >= 15 is 0 Å². The number of aryl methyl sites for hydroxylation is 1. The van der Waals surface area contributed by atoms with Crippen LogP contribution in [0.4, 0.5) is 0 Å². The van der Waals surface area contributed by atoms with E-state index in [9.17, 15) is 9.59 Å². The number of methoxy groups -OCH3 is 1. The third-order valence-electron chi connectivity index (χ3n) is 3.61. The standard InChI is InChI=1S/C17H27ClN2O4/c1-12(2)20(17(22)14(4)18)11-16(21)19(8-9-23-5)10-15-7-6-13(3)24-15/h6-7,12,14H,8-11H2,1-5H3. The molecule has 6 nitrogen and oxygen atoms in total. The largest absolute Gasteiger partial charge is 0.464 e. The number of rotatable bonds is 9. The highest BCUT2D eigenvalue weighted by Gasteiger charge is 2.26. The summed E-state index contributed by atoms with van der Waals surface area (Å²) in [5.41, 5.74) is 0. The second-order valence-electron chi connectivity index (χ2n) is 6.00. The number of amides is 2. The van der Waals surface area contributed by atoms with Gasteiger partial charge in [0, 0.05) is 19.7 Å². The summed E-state index contributed by atoms with van der Waals surface area (Å²) in [6, 6.07) is 3.58. The summed E-state index contributed by atoms with van der Waals surface area (Å²) in [6.07, 6.45) is 0. The van der Waals surface area contributed by atoms with Gasteiger partial charge in [-0.2, -0.15) is 0 Å². The lowest BCUT2D eigenvalue weighted by atomic mass is 10.2. The first-order valence-corrected chi connectivity index (χ1v) is 8.46. The number of alkyl halides is 1. The third-order valence-corrected chi connectivity index (χ3v) is 3.80. The fourth-order valence-corrected chi connectivity index (χ4v) is 2.37. The summed E-state index contributed by atoms with van der Waals surface area (Å²) in [4.78, 5) is 28.0. The number of ether oxygens (including phenoxy) is 1. The minimum Gasteiger partial charge on any atom is -0.464 e. The second-order valence-corrected chi connectivity index (χ2v) is 6.65. The van der Waals surface area contributed by atoms with E-state index in [0.717, 1.165) is 5.76 Å². The maximum Gasteiger partial charge on any atom is 0.242 e. The second kappa shape index (κ2) is 9.69. The van der Waals surface area contributed by atoms with Crippen molar-refractivity contribution in [2.24, 2.45) is 0 Å². The third kappa shape index (κ3) is 6.17. The molecule has 0 spiro atoms. The molecule has 7 heteroatoms. The molecule has 0 saturated carbocycles. The molecule has 0 saturated heterocycles. The van der Waals surface area contributed by atoms with Gasteiger partial charge in [-0.3, -0.25) is 9.59 Å². The Labute approximate surface area is 148 Å². The molecular formula is C17H27ClN2O4. The number of nitrogens with zero attached hydrogens (tertiary/aromatic N) is 2. The Kier molecular flexibility index (Phi) is 8.28. The molecule has 0 bridgehead atoms. The van der Waals surface area contributed by atoms with Crippen LogP contribution < -0.4 is 0 Å². The number of furan rings is 1. The fraction of sp³-hybridized carbons (Fsp3) is 0.647. The van der Waals surface area contributed by atoms with Crippen molar-refractivity contribution in [3.8, 4) is 0 Å². The van der Waals surface area contributed by atoms with E-state index in [0.29, 0.717) is 25.5 Å². The number of hydrogen-bond donors (Lipinski definition) is 0. The summed E-state index contributed by atoms with van der Waals surface area (Å²) >= 11 is 5.90. The molecule has 0 aliphatic heterocycles. The highest BCUT2D eigenvalue weighted by Crippen LogP contribution is 2.12. The highest BCUT2D eigenvalue weighted by atomic mass is 35.5. The molecule has 1 atom stereocenters. The molecular weight excluding hydrogens is 332 g/mol. The van der Waals surface area contributed by atoms with Crippen LogP contribution in [0.3, 0.4) is 0 Å². The Balaban J connectivity index is 2.83. The predicted molar refractivity (Wildman–Crippen MR) is 92.9 cm³/mol. The number of hydrogen-bond acceptors (Lipinski definition) is 4. The van der Waals surface area contributed by atoms with Gasteiger partial charge in [-0.25, -0.2) is 0 Å². The van der Waals surface area contributed by atoms with E-state index in [1.807, 2.05) is 32.9 Å². The van der Waals surface area contributed by atoms with Crippen molar-refractivity contribution in [2.45, 2.75) is 45.7 Å². The van der Waals surface area contributed by atoms with Crippen molar-refractivity contribution >= 4 is 23.4 Å². The molecule has 2 amide bonds. The first kappa shape index (κ1) is 20.5. The molecule has 0 aromatic carbocycles. The van der Waals surface area contributed by atoms with E-state index in [4.69, 9.17) is 20.8 Å². The van der Waals surface area contributed by atoms with Crippen LogP contribution in [0, 0.1) is 6.92 Å². The maximum atomic E-state index is 12.7. The summed E-state index contributed by atoms with van der Waals surface area (Å²) in [5.74, 6) is 1.07. The van der Waals surface area contributed by atoms with Gasteiger partial charge in [0.25, 0.3) is 0 Å². The summed E-state index contributed by atoms with van der Waals surface area (Å²) in [5, 5.41) is -0.666. The van der Waals surface area contributed by atoms with Gasteiger partial charge in [-0.15, -0.1) is 11.6 Å². The molecule has 0 N–H and O–H groups in total. The van der Waals surface area contributed by atoms with Gasteiger partial charge >= 0.3 is 0 Å². The summed E-state index contributed by atoms with van der Waals surface area (Å²) in [7, 11) is 1.58. The highest BCUT2D eigenvalue weighted by molar-refractivity contribution is 6.30. The van der Waals surface area contributed by atoms with E-state index in [1.54, 1.807) is 18.9 Å². The molecule has 1 aromatic rings.